The topological polar surface area (TPSA) is 38.7 Å². The van der Waals surface area contributed by atoms with Crippen molar-refractivity contribution in [2.45, 2.75) is 13.0 Å². The van der Waals surface area contributed by atoms with Gasteiger partial charge in [-0.25, -0.2) is 9.79 Å². The zero-order valence-electron chi connectivity index (χ0n) is 8.61. The van der Waals surface area contributed by atoms with E-state index in [0.29, 0.717) is 5.56 Å². The van der Waals surface area contributed by atoms with Gasteiger partial charge in [-0.3, -0.25) is 0 Å². The van der Waals surface area contributed by atoms with Crippen LogP contribution < -0.4 is 0 Å². The smallest absolute Gasteiger partial charge is 0.330 e. The maximum Gasteiger partial charge on any atom is 0.330 e. The second kappa shape index (κ2) is 5.24. The summed E-state index contributed by atoms with van der Waals surface area (Å²) in [5, 5.41) is 0. The highest BCUT2D eigenvalue weighted by molar-refractivity contribution is 5.94. The van der Waals surface area contributed by atoms with Gasteiger partial charge in [0.25, 0.3) is 0 Å². The van der Waals surface area contributed by atoms with Crippen molar-refractivity contribution in [3.05, 3.63) is 35.9 Å². The van der Waals surface area contributed by atoms with Gasteiger partial charge in [0, 0.05) is 5.56 Å². The number of halogens is 1. The van der Waals surface area contributed by atoms with Gasteiger partial charge in [0.1, 0.15) is 6.04 Å². The highest BCUT2D eigenvalue weighted by Crippen LogP contribution is 2.05. The average molecular weight is 209 g/mol. The normalized spacial score (nSPS) is 13.4. The number of hydrogen-bond donors (Lipinski definition) is 0. The van der Waals surface area contributed by atoms with E-state index in [1.165, 1.54) is 14.0 Å². The van der Waals surface area contributed by atoms with E-state index in [1.54, 1.807) is 30.3 Å². The number of nitrogens with zero attached hydrogens (tertiary/aromatic N) is 1. The number of rotatable bonds is 3. The van der Waals surface area contributed by atoms with Gasteiger partial charge in [-0.2, -0.15) is 4.39 Å². The predicted molar refractivity (Wildman–Crippen MR) is 55.6 cm³/mol. The molecular weight excluding hydrogens is 197 g/mol. The molecule has 15 heavy (non-hydrogen) atoms. The number of methoxy groups -OCH3 is 1. The lowest BCUT2D eigenvalue weighted by atomic mass is 10.2. The molecular formula is C11H12FNO2. The van der Waals surface area contributed by atoms with Gasteiger partial charge >= 0.3 is 5.97 Å². The molecule has 0 aliphatic carbocycles. The molecule has 0 fully saturated rings. The van der Waals surface area contributed by atoms with Gasteiger partial charge in [-0.1, -0.05) is 30.3 Å². The lowest BCUT2D eigenvalue weighted by Crippen LogP contribution is -2.17. The molecule has 1 unspecified atom stereocenters. The first kappa shape index (κ1) is 11.4. The number of carbonyl (C=O) groups excluding carboxylic acids is 1. The fraction of sp³-hybridized carbons (Fsp3) is 0.273. The maximum atomic E-state index is 13.4. The van der Waals surface area contributed by atoms with Crippen LogP contribution in [0.4, 0.5) is 4.39 Å². The first-order valence-corrected chi connectivity index (χ1v) is 4.51. The van der Waals surface area contributed by atoms with Crippen LogP contribution in [0.5, 0.6) is 0 Å². The minimum absolute atomic E-state index is 0.355. The third-order valence-electron chi connectivity index (χ3n) is 1.86. The highest BCUT2D eigenvalue weighted by Gasteiger charge is 2.13. The summed E-state index contributed by atoms with van der Waals surface area (Å²) in [5.74, 6) is -1.21. The molecule has 0 saturated heterocycles. The minimum Gasteiger partial charge on any atom is -0.467 e. The quantitative estimate of drug-likeness (QED) is 0.564. The van der Waals surface area contributed by atoms with E-state index >= 15 is 0 Å². The molecule has 0 aliphatic rings. The monoisotopic (exact) mass is 209 g/mol. The number of hydrogen-bond acceptors (Lipinski definition) is 3. The Kier molecular flexibility index (Phi) is 3.97. The Balaban J connectivity index is 2.80. The first-order valence-electron chi connectivity index (χ1n) is 4.51. The Bertz CT molecular complexity index is 362. The summed E-state index contributed by atoms with van der Waals surface area (Å²) in [6.45, 7) is 1.48. The van der Waals surface area contributed by atoms with E-state index in [-0.39, 0.29) is 0 Å². The van der Waals surface area contributed by atoms with Crippen LogP contribution in [0, 0.1) is 0 Å². The Hall–Kier alpha value is -1.71. The van der Waals surface area contributed by atoms with Gasteiger partial charge in [-0.15, -0.1) is 0 Å². The van der Waals surface area contributed by atoms with Crippen molar-refractivity contribution >= 4 is 11.9 Å². The zero-order chi connectivity index (χ0) is 11.3. The van der Waals surface area contributed by atoms with Crippen molar-refractivity contribution in [2.75, 3.05) is 7.11 Å². The molecule has 0 amide bonds. The SMILES string of the molecule is COC(=O)C(C)N=C(F)c1ccccc1. The van der Waals surface area contributed by atoms with Crippen LogP contribution in [0.25, 0.3) is 0 Å². The van der Waals surface area contributed by atoms with Crippen molar-refractivity contribution < 1.29 is 13.9 Å². The predicted octanol–water partition coefficient (Wildman–Crippen LogP) is 1.96. The third kappa shape index (κ3) is 3.16. The van der Waals surface area contributed by atoms with Crippen molar-refractivity contribution in [1.29, 1.82) is 0 Å². The highest BCUT2D eigenvalue weighted by atomic mass is 19.1. The summed E-state index contributed by atoms with van der Waals surface area (Å²) in [6, 6.07) is 7.53. The van der Waals surface area contributed by atoms with Gasteiger partial charge in [0.05, 0.1) is 7.11 Å². The summed E-state index contributed by atoms with van der Waals surface area (Å²) < 4.78 is 17.9. The van der Waals surface area contributed by atoms with E-state index in [1.807, 2.05) is 0 Å². The lowest BCUT2D eigenvalue weighted by Gasteiger charge is -2.03. The second-order valence-corrected chi connectivity index (χ2v) is 2.99. The van der Waals surface area contributed by atoms with Gasteiger partial charge in [0.2, 0.25) is 5.97 Å². The maximum absolute atomic E-state index is 13.4. The molecule has 80 valence electrons. The van der Waals surface area contributed by atoms with Crippen molar-refractivity contribution in [3.63, 3.8) is 0 Å². The molecule has 0 spiro atoms. The molecule has 4 heteroatoms. The molecule has 1 aromatic rings. The Morgan fingerprint density at radius 3 is 2.53 bits per heavy atom. The molecule has 1 rings (SSSR count). The molecule has 0 heterocycles. The summed E-state index contributed by atoms with van der Waals surface area (Å²) in [4.78, 5) is 14.6. The summed E-state index contributed by atoms with van der Waals surface area (Å²) in [7, 11) is 1.24. The Labute approximate surface area is 87.6 Å². The van der Waals surface area contributed by atoms with E-state index < -0.39 is 18.0 Å². The molecule has 0 radical (unpaired) electrons. The second-order valence-electron chi connectivity index (χ2n) is 2.99. The van der Waals surface area contributed by atoms with Crippen LogP contribution in [0.3, 0.4) is 0 Å². The van der Waals surface area contributed by atoms with Gasteiger partial charge < -0.3 is 4.74 Å². The first-order chi connectivity index (χ1) is 7.15. The third-order valence-corrected chi connectivity index (χ3v) is 1.86. The van der Waals surface area contributed by atoms with E-state index in [4.69, 9.17) is 0 Å². The Morgan fingerprint density at radius 1 is 1.40 bits per heavy atom. The molecule has 1 aromatic carbocycles. The molecule has 3 nitrogen and oxygen atoms in total. The van der Waals surface area contributed by atoms with Crippen LogP contribution in [0.2, 0.25) is 0 Å². The largest absolute Gasteiger partial charge is 0.467 e. The summed E-state index contributed by atoms with van der Waals surface area (Å²) in [5.41, 5.74) is 0.355. The van der Waals surface area contributed by atoms with Gasteiger partial charge in [-0.05, 0) is 6.92 Å². The average Bonchev–Trinajstić information content (AvgIpc) is 2.29. The number of ether oxygens (including phenoxy) is 1. The van der Waals surface area contributed by atoms with Crippen LogP contribution in [0.1, 0.15) is 12.5 Å². The van der Waals surface area contributed by atoms with Crippen LogP contribution in [0.15, 0.2) is 35.3 Å². The molecule has 0 aromatic heterocycles. The molecule has 0 bridgehead atoms. The van der Waals surface area contributed by atoms with E-state index in [9.17, 15) is 9.18 Å². The number of carbonyl (C=O) groups is 1. The lowest BCUT2D eigenvalue weighted by molar-refractivity contribution is -0.141. The summed E-state index contributed by atoms with van der Waals surface area (Å²) >= 11 is 0. The number of esters is 1. The molecule has 1 atom stereocenters. The number of aliphatic imine (C=N–C) groups is 1. The van der Waals surface area contributed by atoms with E-state index in [0.717, 1.165) is 0 Å². The zero-order valence-corrected chi connectivity index (χ0v) is 8.61. The van der Waals surface area contributed by atoms with E-state index in [2.05, 4.69) is 9.73 Å². The van der Waals surface area contributed by atoms with Gasteiger partial charge in [0.15, 0.2) is 0 Å². The fourth-order valence-corrected chi connectivity index (χ4v) is 1.04. The molecule has 0 saturated carbocycles. The standard InChI is InChI=1S/C11H12FNO2/c1-8(11(14)15-2)13-10(12)9-6-4-3-5-7-9/h3-8H,1-2H3. The number of benzene rings is 1. The minimum atomic E-state index is -0.824. The Morgan fingerprint density at radius 2 is 2.00 bits per heavy atom. The summed E-state index contributed by atoms with van der Waals surface area (Å²) in [6.07, 6.45) is 0. The van der Waals surface area contributed by atoms with Crippen molar-refractivity contribution in [1.82, 2.24) is 0 Å². The van der Waals surface area contributed by atoms with Crippen molar-refractivity contribution in [3.8, 4) is 0 Å². The van der Waals surface area contributed by atoms with Crippen LogP contribution in [-0.2, 0) is 9.53 Å². The van der Waals surface area contributed by atoms with Crippen molar-refractivity contribution in [2.24, 2.45) is 4.99 Å². The van der Waals surface area contributed by atoms with Crippen LogP contribution >= 0.6 is 0 Å². The molecule has 0 aliphatic heterocycles. The fourth-order valence-electron chi connectivity index (χ4n) is 1.04. The molecule has 0 N–H and O–H groups in total. The van der Waals surface area contributed by atoms with Crippen LogP contribution in [-0.4, -0.2) is 25.1 Å².